The maximum Gasteiger partial charge on any atom is 0.269 e. The second-order valence-corrected chi connectivity index (χ2v) is 5.71. The Morgan fingerprint density at radius 2 is 2.13 bits per heavy atom. The zero-order valence-electron chi connectivity index (χ0n) is 12.9. The quantitative estimate of drug-likeness (QED) is 0.416. The minimum Gasteiger partial charge on any atom is -0.492 e. The number of halogens is 1. The molecule has 0 fully saturated rings. The summed E-state index contributed by atoms with van der Waals surface area (Å²) in [5.41, 5.74) is 9.70. The summed E-state index contributed by atoms with van der Waals surface area (Å²) in [6.07, 6.45) is 0.913. The molecule has 23 heavy (non-hydrogen) atoms. The van der Waals surface area contributed by atoms with Gasteiger partial charge >= 0.3 is 0 Å². The molecule has 2 aromatic rings. The Kier molecular flexibility index (Phi) is 5.51. The first kappa shape index (κ1) is 17.2. The van der Waals surface area contributed by atoms with Crippen molar-refractivity contribution in [2.45, 2.75) is 20.3 Å². The van der Waals surface area contributed by atoms with E-state index in [4.69, 9.17) is 16.3 Å². The molecule has 1 amide bonds. The Labute approximate surface area is 142 Å². The van der Waals surface area contributed by atoms with Gasteiger partial charge in [0.15, 0.2) is 0 Å². The number of anilines is 1. The number of nitrogen functional groups attached to an aromatic ring is 2. The monoisotopic (exact) mass is 379 g/mol. The number of aryl methyl sites for hydroxylation is 1. The first-order chi connectivity index (χ1) is 11.0. The van der Waals surface area contributed by atoms with E-state index in [-0.39, 0.29) is 11.5 Å². The molecular formula is C15H18BrN5O2. The van der Waals surface area contributed by atoms with Crippen molar-refractivity contribution in [2.75, 3.05) is 12.3 Å². The van der Waals surface area contributed by atoms with Crippen LogP contribution in [0.2, 0.25) is 0 Å². The maximum atomic E-state index is 12.0. The Morgan fingerprint density at radius 3 is 2.74 bits per heavy atom. The van der Waals surface area contributed by atoms with Crippen LogP contribution in [-0.4, -0.2) is 22.5 Å². The highest BCUT2D eigenvalue weighted by Gasteiger charge is 2.19. The van der Waals surface area contributed by atoms with Crippen molar-refractivity contribution in [1.82, 2.24) is 15.4 Å². The molecule has 2 rings (SSSR count). The number of nitrogens with zero attached hydrogens (tertiary/aromatic N) is 2. The zero-order chi connectivity index (χ0) is 17.0. The summed E-state index contributed by atoms with van der Waals surface area (Å²) in [7, 11) is 0. The highest BCUT2D eigenvalue weighted by Crippen LogP contribution is 2.32. The summed E-state index contributed by atoms with van der Waals surface area (Å²) < 4.78 is 6.38. The smallest absolute Gasteiger partial charge is 0.269 e. The van der Waals surface area contributed by atoms with Gasteiger partial charge in [-0.3, -0.25) is 10.2 Å². The molecule has 0 atom stereocenters. The molecule has 8 heteroatoms. The molecule has 0 spiro atoms. The molecule has 1 aromatic heterocycles. The molecule has 1 heterocycles. The van der Waals surface area contributed by atoms with Crippen LogP contribution in [-0.2, 0) is 0 Å². The second-order valence-electron chi connectivity index (χ2n) is 4.86. The molecule has 0 unspecified atom stereocenters. The number of hydrogen-bond acceptors (Lipinski definition) is 6. The van der Waals surface area contributed by atoms with Crippen LogP contribution < -0.4 is 21.7 Å². The number of hydrazine groups is 1. The first-order valence-electron chi connectivity index (χ1n) is 7.05. The third-order valence-corrected chi connectivity index (χ3v) is 3.75. The molecule has 1 aromatic carbocycles. The number of nitrogens with two attached hydrogens (primary N) is 2. The van der Waals surface area contributed by atoms with E-state index in [2.05, 4.69) is 31.3 Å². The van der Waals surface area contributed by atoms with E-state index < -0.39 is 5.91 Å². The molecule has 0 aliphatic rings. The van der Waals surface area contributed by atoms with Gasteiger partial charge in [-0.25, -0.2) is 15.8 Å². The molecule has 0 radical (unpaired) electrons. The van der Waals surface area contributed by atoms with Crippen LogP contribution in [0.15, 0.2) is 22.7 Å². The molecular weight excluding hydrogens is 362 g/mol. The van der Waals surface area contributed by atoms with Crippen molar-refractivity contribution in [3.05, 3.63) is 33.9 Å². The molecule has 0 saturated heterocycles. The van der Waals surface area contributed by atoms with Crippen molar-refractivity contribution in [3.8, 4) is 17.0 Å². The number of nitrogens with one attached hydrogen (secondary N) is 1. The summed E-state index contributed by atoms with van der Waals surface area (Å²) in [6.45, 7) is 4.34. The Balaban J connectivity index is 2.53. The van der Waals surface area contributed by atoms with Crippen LogP contribution in [0.5, 0.6) is 5.75 Å². The van der Waals surface area contributed by atoms with Crippen LogP contribution in [0.1, 0.15) is 29.4 Å². The lowest BCUT2D eigenvalue weighted by molar-refractivity contribution is 0.0953. The van der Waals surface area contributed by atoms with Crippen molar-refractivity contribution in [1.29, 1.82) is 0 Å². The number of hydrogen-bond donors (Lipinski definition) is 3. The van der Waals surface area contributed by atoms with Crippen LogP contribution >= 0.6 is 15.9 Å². The number of benzene rings is 1. The molecule has 5 N–H and O–H groups in total. The van der Waals surface area contributed by atoms with Gasteiger partial charge in [0, 0.05) is 5.56 Å². The highest BCUT2D eigenvalue weighted by atomic mass is 79.9. The number of rotatable bonds is 5. The summed E-state index contributed by atoms with van der Waals surface area (Å²) in [4.78, 5) is 20.3. The van der Waals surface area contributed by atoms with Crippen molar-refractivity contribution >= 4 is 27.8 Å². The summed E-state index contributed by atoms with van der Waals surface area (Å²) >= 11 is 3.47. The molecule has 0 aliphatic heterocycles. The number of carbonyl (C=O) groups excluding carboxylic acids is 1. The van der Waals surface area contributed by atoms with Gasteiger partial charge < -0.3 is 10.5 Å². The van der Waals surface area contributed by atoms with Crippen molar-refractivity contribution < 1.29 is 9.53 Å². The normalized spacial score (nSPS) is 10.4. The Morgan fingerprint density at radius 1 is 1.39 bits per heavy atom. The predicted molar refractivity (Wildman–Crippen MR) is 91.8 cm³/mol. The number of ether oxygens (including phenoxy) is 1. The third kappa shape index (κ3) is 3.77. The Bertz CT molecular complexity index is 736. The van der Waals surface area contributed by atoms with E-state index in [1.165, 1.54) is 0 Å². The number of amides is 1. The predicted octanol–water partition coefficient (Wildman–Crippen LogP) is 2.19. The molecule has 0 bridgehead atoms. The second kappa shape index (κ2) is 7.38. The van der Waals surface area contributed by atoms with Crippen molar-refractivity contribution in [3.63, 3.8) is 0 Å². The standard InChI is InChI=1S/C15H18BrN5O2/c1-3-6-23-11-5-4-9(7-10(11)16)13-12(14(22)21-18)8(2)19-15(17)20-13/h4-5,7H,3,6,18H2,1-2H3,(H,21,22)(H2,17,19,20). The first-order valence-corrected chi connectivity index (χ1v) is 7.85. The van der Waals surface area contributed by atoms with E-state index in [1.54, 1.807) is 6.92 Å². The minimum absolute atomic E-state index is 0.0912. The fourth-order valence-electron chi connectivity index (χ4n) is 2.12. The molecule has 122 valence electrons. The van der Waals surface area contributed by atoms with E-state index >= 15 is 0 Å². The highest BCUT2D eigenvalue weighted by molar-refractivity contribution is 9.10. The molecule has 0 saturated carbocycles. The van der Waals surface area contributed by atoms with Gasteiger partial charge in [0.1, 0.15) is 5.75 Å². The van der Waals surface area contributed by atoms with Gasteiger partial charge in [-0.05, 0) is 47.5 Å². The lowest BCUT2D eigenvalue weighted by atomic mass is 10.0. The number of aromatic nitrogens is 2. The number of carbonyl (C=O) groups is 1. The Hall–Kier alpha value is -2.19. The summed E-state index contributed by atoms with van der Waals surface area (Å²) in [5, 5.41) is 0. The van der Waals surface area contributed by atoms with Crippen LogP contribution in [0.4, 0.5) is 5.95 Å². The average Bonchev–Trinajstić information content (AvgIpc) is 2.52. The molecule has 0 aliphatic carbocycles. The fourth-order valence-corrected chi connectivity index (χ4v) is 2.62. The van der Waals surface area contributed by atoms with Crippen molar-refractivity contribution in [2.24, 2.45) is 5.84 Å². The zero-order valence-corrected chi connectivity index (χ0v) is 14.5. The third-order valence-electron chi connectivity index (χ3n) is 3.13. The summed E-state index contributed by atoms with van der Waals surface area (Å²) in [6, 6.07) is 5.44. The maximum absolute atomic E-state index is 12.0. The average molecular weight is 380 g/mol. The van der Waals surface area contributed by atoms with Gasteiger partial charge in [-0.15, -0.1) is 0 Å². The van der Waals surface area contributed by atoms with E-state index in [9.17, 15) is 4.79 Å². The van der Waals surface area contributed by atoms with Gasteiger partial charge in [0.25, 0.3) is 5.91 Å². The van der Waals surface area contributed by atoms with E-state index in [0.717, 1.165) is 16.6 Å². The topological polar surface area (TPSA) is 116 Å². The SMILES string of the molecule is CCCOc1ccc(-c2nc(N)nc(C)c2C(=O)NN)cc1Br. The van der Waals surface area contributed by atoms with Gasteiger partial charge in [0.05, 0.1) is 28.0 Å². The molecule has 7 nitrogen and oxygen atoms in total. The minimum atomic E-state index is -0.472. The van der Waals surface area contributed by atoms with E-state index in [1.807, 2.05) is 25.1 Å². The lowest BCUT2D eigenvalue weighted by Crippen LogP contribution is -2.31. The van der Waals surface area contributed by atoms with Gasteiger partial charge in [-0.1, -0.05) is 6.92 Å². The largest absolute Gasteiger partial charge is 0.492 e. The fraction of sp³-hybridized carbons (Fsp3) is 0.267. The van der Waals surface area contributed by atoms with Crippen LogP contribution in [0.25, 0.3) is 11.3 Å². The summed E-state index contributed by atoms with van der Waals surface area (Å²) in [5.74, 6) is 5.59. The van der Waals surface area contributed by atoms with E-state index in [0.29, 0.717) is 23.6 Å². The van der Waals surface area contributed by atoms with Crippen LogP contribution in [0, 0.1) is 6.92 Å². The van der Waals surface area contributed by atoms with Gasteiger partial charge in [0.2, 0.25) is 5.95 Å². The van der Waals surface area contributed by atoms with Gasteiger partial charge in [-0.2, -0.15) is 0 Å². The lowest BCUT2D eigenvalue weighted by Gasteiger charge is -2.13. The van der Waals surface area contributed by atoms with Crippen LogP contribution in [0.3, 0.4) is 0 Å².